The first-order chi connectivity index (χ1) is 16.7. The second kappa shape index (κ2) is 10.3. The van der Waals surface area contributed by atoms with Crippen molar-refractivity contribution in [3.05, 3.63) is 98.8 Å². The van der Waals surface area contributed by atoms with Gasteiger partial charge in [-0.15, -0.1) is 0 Å². The lowest BCUT2D eigenvalue weighted by molar-refractivity contribution is 0.0992. The van der Waals surface area contributed by atoms with Crippen LogP contribution in [-0.2, 0) is 16.6 Å². The Kier molecular flexibility index (Phi) is 7.17. The maximum Gasteiger partial charge on any atom is 0.291 e. The van der Waals surface area contributed by atoms with Crippen LogP contribution in [0.15, 0.2) is 80.5 Å². The van der Waals surface area contributed by atoms with Crippen molar-refractivity contribution in [1.29, 1.82) is 0 Å². The Labute approximate surface area is 210 Å². The zero-order chi connectivity index (χ0) is 25.0. The van der Waals surface area contributed by atoms with Gasteiger partial charge in [0, 0.05) is 16.1 Å². The van der Waals surface area contributed by atoms with Crippen LogP contribution in [0.4, 0.5) is 11.6 Å². The fourth-order valence-electron chi connectivity index (χ4n) is 3.07. The highest BCUT2D eigenvalue weighted by Crippen LogP contribution is 2.26. The molecule has 2 aromatic heterocycles. The van der Waals surface area contributed by atoms with Crippen LogP contribution in [0.5, 0.6) is 5.75 Å². The number of furan rings is 1. The molecule has 0 fully saturated rings. The van der Waals surface area contributed by atoms with Crippen LogP contribution in [0.3, 0.4) is 0 Å². The molecule has 0 radical (unpaired) electrons. The molecule has 0 saturated carbocycles. The summed E-state index contributed by atoms with van der Waals surface area (Å²) in [5.41, 5.74) is 1.62. The van der Waals surface area contributed by atoms with Gasteiger partial charge in [0.2, 0.25) is 10.0 Å². The number of aryl methyl sites for hydroxylation is 2. The molecule has 0 aliphatic carbocycles. The monoisotopic (exact) mass is 555 g/mol. The average Bonchev–Trinajstić information content (AvgIpc) is 3.27. The van der Waals surface area contributed by atoms with Gasteiger partial charge >= 0.3 is 0 Å². The van der Waals surface area contributed by atoms with Crippen LogP contribution in [0.2, 0.25) is 0 Å². The van der Waals surface area contributed by atoms with Crippen molar-refractivity contribution in [1.82, 2.24) is 9.97 Å². The lowest BCUT2D eigenvalue weighted by atomic mass is 10.3. The van der Waals surface area contributed by atoms with Gasteiger partial charge in [0.05, 0.1) is 4.90 Å². The number of nitrogens with one attached hydrogen (secondary N) is 1. The quantitative estimate of drug-likeness (QED) is 0.296. The van der Waals surface area contributed by atoms with Crippen molar-refractivity contribution in [2.45, 2.75) is 25.3 Å². The number of carbonyl (C=O) groups is 1. The van der Waals surface area contributed by atoms with Gasteiger partial charge in [0.15, 0.2) is 5.76 Å². The van der Waals surface area contributed by atoms with Crippen LogP contribution in [0.25, 0.3) is 4.72 Å². The lowest BCUT2D eigenvalue weighted by Crippen LogP contribution is -2.11. The van der Waals surface area contributed by atoms with Crippen LogP contribution >= 0.6 is 15.9 Å². The first kappa shape index (κ1) is 24.4. The third-order valence-corrected chi connectivity index (χ3v) is 6.46. The van der Waals surface area contributed by atoms with Gasteiger partial charge in [0.25, 0.3) is 5.91 Å². The van der Waals surface area contributed by atoms with Crippen molar-refractivity contribution < 1.29 is 22.4 Å². The molecule has 0 spiro atoms. The Morgan fingerprint density at radius 1 is 1.00 bits per heavy atom. The number of hydrogen-bond donors (Lipinski definition) is 1. The van der Waals surface area contributed by atoms with E-state index in [1.807, 2.05) is 24.3 Å². The number of amides is 1. The van der Waals surface area contributed by atoms with E-state index in [4.69, 9.17) is 9.15 Å². The largest absolute Gasteiger partial charge is 0.486 e. The van der Waals surface area contributed by atoms with Crippen molar-refractivity contribution in [3.8, 4) is 5.75 Å². The lowest BCUT2D eigenvalue weighted by Gasteiger charge is -2.15. The first-order valence-electron chi connectivity index (χ1n) is 10.4. The van der Waals surface area contributed by atoms with Gasteiger partial charge in [-0.05, 0) is 85.9 Å². The van der Waals surface area contributed by atoms with Crippen LogP contribution < -0.4 is 10.1 Å². The summed E-state index contributed by atoms with van der Waals surface area (Å²) < 4.78 is 41.0. The molecule has 11 heteroatoms. The molecule has 4 rings (SSSR count). The number of anilines is 1. The Bertz CT molecular complexity index is 1430. The summed E-state index contributed by atoms with van der Waals surface area (Å²) in [5, 5.41) is 2.67. The van der Waals surface area contributed by atoms with Crippen LogP contribution in [-0.4, -0.2) is 24.3 Å². The summed E-state index contributed by atoms with van der Waals surface area (Å²) in [6, 6.07) is 17.9. The molecule has 0 saturated heterocycles. The minimum atomic E-state index is -4.02. The highest BCUT2D eigenvalue weighted by molar-refractivity contribution is 9.10. The highest BCUT2D eigenvalue weighted by atomic mass is 79.9. The number of ether oxygens (including phenoxy) is 1. The van der Waals surface area contributed by atoms with Gasteiger partial charge in [-0.2, -0.15) is 0 Å². The molecule has 4 aromatic rings. The summed E-state index contributed by atoms with van der Waals surface area (Å²) in [6.07, 6.45) is 0. The van der Waals surface area contributed by atoms with E-state index in [9.17, 15) is 13.2 Å². The van der Waals surface area contributed by atoms with E-state index < -0.39 is 15.9 Å². The van der Waals surface area contributed by atoms with Gasteiger partial charge in [-0.1, -0.05) is 22.0 Å². The SMILES string of the molecule is Cc1cc(C)nc([N-]S(=O)(=O)c2ccc(NC(=O)c3ccc(COc4ccc(Br)cc4)o3)cc2)n1. The molecule has 2 aromatic carbocycles. The maximum absolute atomic E-state index is 12.6. The molecular formula is C24H20BrN4O5S-. The number of carbonyl (C=O) groups excluding carboxylic acids is 1. The van der Waals surface area contributed by atoms with Crippen molar-refractivity contribution >= 4 is 43.5 Å². The van der Waals surface area contributed by atoms with E-state index in [0.29, 0.717) is 28.6 Å². The second-order valence-corrected chi connectivity index (χ2v) is 10.0. The van der Waals surface area contributed by atoms with E-state index in [-0.39, 0.29) is 23.2 Å². The van der Waals surface area contributed by atoms with Gasteiger partial charge < -0.3 is 24.4 Å². The van der Waals surface area contributed by atoms with Gasteiger partial charge in [0.1, 0.15) is 18.1 Å². The summed E-state index contributed by atoms with van der Waals surface area (Å²) >= 11 is 3.36. The minimum absolute atomic E-state index is 0.0522. The van der Waals surface area contributed by atoms with Crippen molar-refractivity contribution in [2.75, 3.05) is 5.32 Å². The average molecular weight is 556 g/mol. The molecule has 180 valence electrons. The topological polar surface area (TPSA) is 125 Å². The van der Waals surface area contributed by atoms with Crippen LogP contribution in [0.1, 0.15) is 27.7 Å². The smallest absolute Gasteiger partial charge is 0.291 e. The standard InChI is InChI=1S/C24H21BrN4O5S/c1-15-13-16(2)27-24(26-15)29-35(31,32)21-10-5-18(6-11-21)28-23(30)22-12-9-20(34-22)14-33-19-7-3-17(25)4-8-19/h3-13H,14H2,1-2H3,(H2,26,27,28,29,30)/p-1. The van der Waals surface area contributed by atoms with Crippen molar-refractivity contribution in [3.63, 3.8) is 0 Å². The van der Waals surface area contributed by atoms with Crippen molar-refractivity contribution in [2.24, 2.45) is 0 Å². The molecule has 35 heavy (non-hydrogen) atoms. The first-order valence-corrected chi connectivity index (χ1v) is 12.6. The predicted molar refractivity (Wildman–Crippen MR) is 133 cm³/mol. The number of aromatic nitrogens is 2. The summed E-state index contributed by atoms with van der Waals surface area (Å²) in [6.45, 7) is 3.62. The Morgan fingerprint density at radius 3 is 2.31 bits per heavy atom. The predicted octanol–water partition coefficient (Wildman–Crippen LogP) is 5.67. The summed E-state index contributed by atoms with van der Waals surface area (Å²) in [4.78, 5) is 20.5. The van der Waals surface area contributed by atoms with Crippen LogP contribution in [0, 0.1) is 13.8 Å². The molecule has 1 amide bonds. The number of sulfonamides is 1. The molecule has 2 heterocycles. The fraction of sp³-hybridized carbons (Fsp3) is 0.125. The molecule has 0 aliphatic rings. The fourth-order valence-corrected chi connectivity index (χ4v) is 4.22. The van der Waals surface area contributed by atoms with E-state index in [2.05, 4.69) is 35.9 Å². The number of halogens is 1. The third kappa shape index (κ3) is 6.46. The number of rotatable bonds is 8. The molecule has 9 nitrogen and oxygen atoms in total. The van der Waals surface area contributed by atoms with E-state index in [1.165, 1.54) is 30.3 Å². The number of nitrogens with zero attached hydrogens (tertiary/aromatic N) is 3. The highest BCUT2D eigenvalue weighted by Gasteiger charge is 2.15. The molecule has 0 aliphatic heterocycles. The Balaban J connectivity index is 1.36. The molecule has 0 atom stereocenters. The normalized spacial score (nSPS) is 11.2. The second-order valence-electron chi connectivity index (χ2n) is 7.50. The summed E-state index contributed by atoms with van der Waals surface area (Å²) in [5.74, 6) is 0.635. The molecule has 0 unspecified atom stereocenters. The Hall–Kier alpha value is -3.70. The molecule has 1 N–H and O–H groups in total. The van der Waals surface area contributed by atoms with E-state index in [0.717, 1.165) is 4.47 Å². The number of hydrogen-bond acceptors (Lipinski definition) is 7. The molecular weight excluding hydrogens is 536 g/mol. The summed E-state index contributed by atoms with van der Waals surface area (Å²) in [7, 11) is -4.02. The van der Waals surface area contributed by atoms with Gasteiger partial charge in [-0.25, -0.2) is 8.42 Å². The van der Waals surface area contributed by atoms with E-state index >= 15 is 0 Å². The maximum atomic E-state index is 12.6. The van der Waals surface area contributed by atoms with Gasteiger partial charge in [-0.3, -0.25) is 9.52 Å². The molecule has 0 bridgehead atoms. The Morgan fingerprint density at radius 2 is 1.66 bits per heavy atom. The zero-order valence-electron chi connectivity index (χ0n) is 18.7. The van der Waals surface area contributed by atoms with E-state index in [1.54, 1.807) is 26.0 Å². The zero-order valence-corrected chi connectivity index (χ0v) is 21.1. The minimum Gasteiger partial charge on any atom is -0.486 e. The third-order valence-electron chi connectivity index (χ3n) is 4.66. The number of benzene rings is 2.